The first-order chi connectivity index (χ1) is 11.2. The third-order valence-electron chi connectivity index (χ3n) is 3.18. The Morgan fingerprint density at radius 2 is 1.78 bits per heavy atom. The molecule has 0 saturated carbocycles. The van der Waals surface area contributed by atoms with Gasteiger partial charge < -0.3 is 10.1 Å². The van der Waals surface area contributed by atoms with Crippen LogP contribution in [-0.4, -0.2) is 18.8 Å². The van der Waals surface area contributed by atoms with Gasteiger partial charge in [0.2, 0.25) is 5.91 Å². The van der Waals surface area contributed by atoms with Crippen LogP contribution in [0, 0.1) is 11.3 Å². The molecule has 0 aromatic heterocycles. The summed E-state index contributed by atoms with van der Waals surface area (Å²) in [6, 6.07) is 17.3. The van der Waals surface area contributed by atoms with E-state index >= 15 is 0 Å². The summed E-state index contributed by atoms with van der Waals surface area (Å²) in [5.74, 6) is 1.97. The maximum Gasteiger partial charge on any atom is 0.234 e. The van der Waals surface area contributed by atoms with E-state index < -0.39 is 0 Å². The molecular formula is C18H18N2O2S. The van der Waals surface area contributed by atoms with Gasteiger partial charge in [0.1, 0.15) is 5.75 Å². The fourth-order valence-corrected chi connectivity index (χ4v) is 2.77. The molecule has 0 bridgehead atoms. The van der Waals surface area contributed by atoms with Crippen LogP contribution in [0.3, 0.4) is 0 Å². The summed E-state index contributed by atoms with van der Waals surface area (Å²) in [5.41, 5.74) is 2.85. The van der Waals surface area contributed by atoms with Crippen LogP contribution >= 0.6 is 11.8 Å². The first-order valence-electron chi connectivity index (χ1n) is 7.17. The monoisotopic (exact) mass is 326 g/mol. The molecule has 118 valence electrons. The Morgan fingerprint density at radius 3 is 2.39 bits per heavy atom. The molecular weight excluding hydrogens is 308 g/mol. The van der Waals surface area contributed by atoms with Gasteiger partial charge in [0.05, 0.1) is 25.4 Å². The zero-order valence-corrected chi connectivity index (χ0v) is 13.7. The molecule has 1 N–H and O–H groups in total. The van der Waals surface area contributed by atoms with E-state index in [4.69, 9.17) is 10.00 Å². The van der Waals surface area contributed by atoms with Crippen LogP contribution in [0.5, 0.6) is 5.75 Å². The molecule has 0 aliphatic heterocycles. The number of nitrogens with one attached hydrogen (secondary N) is 1. The van der Waals surface area contributed by atoms with Crippen molar-refractivity contribution in [1.29, 1.82) is 5.26 Å². The van der Waals surface area contributed by atoms with Crippen molar-refractivity contribution in [2.24, 2.45) is 0 Å². The fourth-order valence-electron chi connectivity index (χ4n) is 1.98. The van der Waals surface area contributed by atoms with Crippen molar-refractivity contribution >= 4 is 23.4 Å². The summed E-state index contributed by atoms with van der Waals surface area (Å²) in [6.07, 6.45) is 0.381. The minimum absolute atomic E-state index is 0.0310. The Balaban J connectivity index is 1.75. The molecule has 0 heterocycles. The van der Waals surface area contributed by atoms with Gasteiger partial charge >= 0.3 is 0 Å². The zero-order chi connectivity index (χ0) is 16.5. The van der Waals surface area contributed by atoms with Gasteiger partial charge in [0.25, 0.3) is 0 Å². The molecule has 0 unspecified atom stereocenters. The predicted molar refractivity (Wildman–Crippen MR) is 93.5 cm³/mol. The number of ether oxygens (including phenoxy) is 1. The van der Waals surface area contributed by atoms with Crippen molar-refractivity contribution < 1.29 is 9.53 Å². The maximum atomic E-state index is 11.9. The molecule has 0 fully saturated rings. The number of hydrogen-bond acceptors (Lipinski definition) is 4. The molecule has 0 saturated heterocycles. The van der Waals surface area contributed by atoms with E-state index in [1.54, 1.807) is 18.9 Å². The molecule has 2 aromatic carbocycles. The number of rotatable bonds is 7. The lowest BCUT2D eigenvalue weighted by atomic mass is 10.1. The molecule has 1 amide bonds. The van der Waals surface area contributed by atoms with Gasteiger partial charge in [-0.05, 0) is 35.4 Å². The van der Waals surface area contributed by atoms with Crippen molar-refractivity contribution in [2.45, 2.75) is 12.2 Å². The summed E-state index contributed by atoms with van der Waals surface area (Å²) in [6.45, 7) is 0. The second-order valence-electron chi connectivity index (χ2n) is 4.92. The third kappa shape index (κ3) is 5.68. The van der Waals surface area contributed by atoms with Gasteiger partial charge in [-0.3, -0.25) is 4.79 Å². The van der Waals surface area contributed by atoms with Crippen molar-refractivity contribution in [1.82, 2.24) is 0 Å². The highest BCUT2D eigenvalue weighted by Gasteiger charge is 2.03. The molecule has 0 spiro atoms. The van der Waals surface area contributed by atoms with E-state index in [0.717, 1.165) is 28.3 Å². The van der Waals surface area contributed by atoms with E-state index in [-0.39, 0.29) is 5.91 Å². The van der Waals surface area contributed by atoms with Crippen LogP contribution < -0.4 is 10.1 Å². The summed E-state index contributed by atoms with van der Waals surface area (Å²) in [7, 11) is 1.64. The topological polar surface area (TPSA) is 62.1 Å². The molecule has 5 heteroatoms. The summed E-state index contributed by atoms with van der Waals surface area (Å²) in [5, 5.41) is 11.5. The maximum absolute atomic E-state index is 11.9. The Labute approximate surface area is 140 Å². The van der Waals surface area contributed by atoms with Gasteiger partial charge in [-0.25, -0.2) is 0 Å². The summed E-state index contributed by atoms with van der Waals surface area (Å²) < 4.78 is 5.11. The quantitative estimate of drug-likeness (QED) is 0.844. The molecule has 2 aromatic rings. The van der Waals surface area contributed by atoms with Crippen molar-refractivity contribution in [2.75, 3.05) is 18.2 Å². The average molecular weight is 326 g/mol. The molecule has 4 nitrogen and oxygen atoms in total. The van der Waals surface area contributed by atoms with Crippen LogP contribution in [-0.2, 0) is 17.0 Å². The third-order valence-corrected chi connectivity index (χ3v) is 4.19. The standard InChI is InChI=1S/C18H18N2O2S/c1-22-17-8-4-15(5-9-17)12-23-13-18(21)20-16-6-2-14(3-7-16)10-11-19/h2-9H,10,12-13H2,1H3,(H,20,21). The van der Waals surface area contributed by atoms with Crippen LogP contribution in [0.1, 0.15) is 11.1 Å². The van der Waals surface area contributed by atoms with Crippen LogP contribution in [0.2, 0.25) is 0 Å². The highest BCUT2D eigenvalue weighted by Crippen LogP contribution is 2.17. The minimum Gasteiger partial charge on any atom is -0.497 e. The largest absolute Gasteiger partial charge is 0.497 e. The first-order valence-corrected chi connectivity index (χ1v) is 8.33. The lowest BCUT2D eigenvalue weighted by Crippen LogP contribution is -2.14. The average Bonchev–Trinajstić information content (AvgIpc) is 2.57. The SMILES string of the molecule is COc1ccc(CSCC(=O)Nc2ccc(CC#N)cc2)cc1. The molecule has 0 atom stereocenters. The smallest absolute Gasteiger partial charge is 0.234 e. The molecule has 23 heavy (non-hydrogen) atoms. The van der Waals surface area contributed by atoms with E-state index in [9.17, 15) is 4.79 Å². The lowest BCUT2D eigenvalue weighted by Gasteiger charge is -2.06. The molecule has 0 aliphatic rings. The number of nitrogens with zero attached hydrogens (tertiary/aromatic N) is 1. The van der Waals surface area contributed by atoms with Crippen molar-refractivity contribution in [3.8, 4) is 11.8 Å². The number of thioether (sulfide) groups is 1. The Morgan fingerprint density at radius 1 is 1.13 bits per heavy atom. The second kappa shape index (κ2) is 8.86. The van der Waals surface area contributed by atoms with Crippen molar-refractivity contribution in [3.05, 3.63) is 59.7 Å². The number of carbonyl (C=O) groups is 1. The normalized spacial score (nSPS) is 9.91. The van der Waals surface area contributed by atoms with E-state index in [1.807, 2.05) is 48.5 Å². The highest BCUT2D eigenvalue weighted by molar-refractivity contribution is 7.99. The second-order valence-corrected chi connectivity index (χ2v) is 5.91. The number of benzene rings is 2. The van der Waals surface area contributed by atoms with Crippen LogP contribution in [0.25, 0.3) is 0 Å². The van der Waals surface area contributed by atoms with Gasteiger partial charge in [-0.15, -0.1) is 11.8 Å². The van der Waals surface area contributed by atoms with Crippen LogP contribution in [0.4, 0.5) is 5.69 Å². The minimum atomic E-state index is -0.0310. The van der Waals surface area contributed by atoms with Crippen LogP contribution in [0.15, 0.2) is 48.5 Å². The fraction of sp³-hybridized carbons (Fsp3) is 0.222. The molecule has 0 radical (unpaired) electrons. The Bertz CT molecular complexity index is 676. The Kier molecular flexibility index (Phi) is 6.52. The van der Waals surface area contributed by atoms with Gasteiger partial charge in [0.15, 0.2) is 0 Å². The Hall–Kier alpha value is -2.45. The van der Waals surface area contributed by atoms with Gasteiger partial charge in [0, 0.05) is 11.4 Å². The summed E-state index contributed by atoms with van der Waals surface area (Å²) in [4.78, 5) is 11.9. The number of carbonyl (C=O) groups excluding carboxylic acids is 1. The number of anilines is 1. The molecule has 0 aliphatic carbocycles. The number of amides is 1. The van der Waals surface area contributed by atoms with Gasteiger partial charge in [-0.2, -0.15) is 5.26 Å². The zero-order valence-electron chi connectivity index (χ0n) is 12.9. The predicted octanol–water partition coefficient (Wildman–Crippen LogP) is 3.63. The number of hydrogen-bond donors (Lipinski definition) is 1. The molecule has 2 rings (SSSR count). The van der Waals surface area contributed by atoms with E-state index in [0.29, 0.717) is 12.2 Å². The van der Waals surface area contributed by atoms with Gasteiger partial charge in [-0.1, -0.05) is 24.3 Å². The highest BCUT2D eigenvalue weighted by atomic mass is 32.2. The van der Waals surface area contributed by atoms with E-state index in [1.165, 1.54) is 0 Å². The first kappa shape index (κ1) is 16.9. The summed E-state index contributed by atoms with van der Waals surface area (Å²) >= 11 is 1.56. The number of nitriles is 1. The number of methoxy groups -OCH3 is 1. The lowest BCUT2D eigenvalue weighted by molar-refractivity contribution is -0.113. The van der Waals surface area contributed by atoms with Crippen molar-refractivity contribution in [3.63, 3.8) is 0 Å². The van der Waals surface area contributed by atoms with E-state index in [2.05, 4.69) is 11.4 Å².